The molecule has 5 heteroatoms. The average molecular weight is 405 g/mol. The molecule has 0 amide bonds. The Bertz CT molecular complexity index is 1290. The molecule has 0 aliphatic rings. The summed E-state index contributed by atoms with van der Waals surface area (Å²) in [6, 6.07) is 19.0. The maximum Gasteiger partial charge on any atom is 0.343 e. The Morgan fingerprint density at radius 2 is 1.59 bits per heavy atom. The first-order chi connectivity index (χ1) is 14.0. The number of carbonyl (C=O) groups excluding carboxylic acids is 1. The minimum atomic E-state index is -0.644. The van der Waals surface area contributed by atoms with Crippen LogP contribution in [0.1, 0.15) is 21.5 Å². The van der Waals surface area contributed by atoms with Gasteiger partial charge in [-0.15, -0.1) is 0 Å². The van der Waals surface area contributed by atoms with E-state index in [-0.39, 0.29) is 11.5 Å². The summed E-state index contributed by atoms with van der Waals surface area (Å²) in [4.78, 5) is 25.9. The van der Waals surface area contributed by atoms with Crippen LogP contribution in [0.15, 0.2) is 75.9 Å². The molecule has 29 heavy (non-hydrogen) atoms. The molecule has 0 bridgehead atoms. The van der Waals surface area contributed by atoms with Gasteiger partial charge in [-0.25, -0.2) is 4.79 Å². The molecule has 4 aromatic rings. The molecule has 0 radical (unpaired) electrons. The van der Waals surface area contributed by atoms with Crippen molar-refractivity contribution >= 4 is 28.5 Å². The molecule has 0 spiro atoms. The Kier molecular flexibility index (Phi) is 4.95. The summed E-state index contributed by atoms with van der Waals surface area (Å²) in [6.45, 7) is 3.85. The second-order valence-corrected chi connectivity index (χ2v) is 7.16. The van der Waals surface area contributed by atoms with Gasteiger partial charge in [-0.3, -0.25) is 4.79 Å². The van der Waals surface area contributed by atoms with Gasteiger partial charge in [0, 0.05) is 5.56 Å². The molecule has 0 saturated heterocycles. The van der Waals surface area contributed by atoms with E-state index in [1.54, 1.807) is 66.7 Å². The lowest BCUT2D eigenvalue weighted by molar-refractivity contribution is 0.0731. The van der Waals surface area contributed by atoms with Gasteiger partial charge in [0.15, 0.2) is 5.76 Å². The summed E-state index contributed by atoms with van der Waals surface area (Å²) in [7, 11) is 0. The molecule has 4 rings (SSSR count). The van der Waals surface area contributed by atoms with Gasteiger partial charge in [-0.2, -0.15) is 0 Å². The predicted octanol–water partition coefficient (Wildman–Crippen LogP) is 5.95. The second-order valence-electron chi connectivity index (χ2n) is 6.76. The van der Waals surface area contributed by atoms with Gasteiger partial charge < -0.3 is 9.15 Å². The van der Waals surface area contributed by atoms with Crippen molar-refractivity contribution in [2.75, 3.05) is 0 Å². The highest BCUT2D eigenvalue weighted by molar-refractivity contribution is 6.33. The number of benzene rings is 3. The van der Waals surface area contributed by atoms with E-state index in [0.717, 1.165) is 11.1 Å². The van der Waals surface area contributed by atoms with Gasteiger partial charge in [0.25, 0.3) is 0 Å². The molecule has 0 fully saturated rings. The van der Waals surface area contributed by atoms with Crippen LogP contribution in [0.3, 0.4) is 0 Å². The Balaban J connectivity index is 1.97. The third kappa shape index (κ3) is 3.55. The van der Waals surface area contributed by atoms with E-state index < -0.39 is 11.4 Å². The number of hydrogen-bond acceptors (Lipinski definition) is 4. The Morgan fingerprint density at radius 3 is 2.31 bits per heavy atom. The van der Waals surface area contributed by atoms with E-state index in [1.807, 2.05) is 13.8 Å². The molecule has 144 valence electrons. The Labute approximate surface area is 172 Å². The minimum absolute atomic E-state index is 0.126. The van der Waals surface area contributed by atoms with Crippen LogP contribution in [-0.4, -0.2) is 5.97 Å². The van der Waals surface area contributed by atoms with Crippen molar-refractivity contribution in [2.24, 2.45) is 0 Å². The zero-order chi connectivity index (χ0) is 20.5. The number of esters is 1. The van der Waals surface area contributed by atoms with Gasteiger partial charge in [-0.05, 0) is 61.4 Å². The molecular weight excluding hydrogens is 388 g/mol. The van der Waals surface area contributed by atoms with Crippen LogP contribution < -0.4 is 10.2 Å². The lowest BCUT2D eigenvalue weighted by Gasteiger charge is -2.12. The first-order valence-electron chi connectivity index (χ1n) is 9.06. The zero-order valence-corrected chi connectivity index (χ0v) is 16.6. The number of aryl methyl sites for hydroxylation is 2. The van der Waals surface area contributed by atoms with Crippen LogP contribution in [0.25, 0.3) is 22.3 Å². The van der Waals surface area contributed by atoms with Gasteiger partial charge >= 0.3 is 5.97 Å². The lowest BCUT2D eigenvalue weighted by atomic mass is 10.0. The highest BCUT2D eigenvalue weighted by Crippen LogP contribution is 2.36. The van der Waals surface area contributed by atoms with E-state index in [1.165, 1.54) is 0 Å². The van der Waals surface area contributed by atoms with E-state index in [2.05, 4.69) is 0 Å². The van der Waals surface area contributed by atoms with Crippen LogP contribution in [0, 0.1) is 13.8 Å². The normalized spacial score (nSPS) is 10.9. The van der Waals surface area contributed by atoms with E-state index >= 15 is 0 Å². The van der Waals surface area contributed by atoms with E-state index in [9.17, 15) is 9.59 Å². The Hall–Kier alpha value is -3.37. The number of halogens is 1. The standard InChI is InChI=1S/C24H17ClO4/c1-14-12-18-20(13-15(14)2)28-22(17-10-6-7-11-19(17)25)23(21(18)26)29-24(27)16-8-4-3-5-9-16/h3-13H,1-2H3. The SMILES string of the molecule is Cc1cc2oc(-c3ccccc3Cl)c(OC(=O)c3ccccc3)c(=O)c2cc1C. The highest BCUT2D eigenvalue weighted by atomic mass is 35.5. The van der Waals surface area contributed by atoms with Crippen LogP contribution in [0.2, 0.25) is 5.02 Å². The second kappa shape index (κ2) is 7.57. The van der Waals surface area contributed by atoms with Crippen molar-refractivity contribution in [3.63, 3.8) is 0 Å². The Morgan fingerprint density at radius 1 is 0.931 bits per heavy atom. The molecule has 0 aliphatic heterocycles. The van der Waals surface area contributed by atoms with Crippen molar-refractivity contribution in [3.8, 4) is 17.1 Å². The molecule has 0 saturated carbocycles. The van der Waals surface area contributed by atoms with E-state index in [0.29, 0.717) is 27.1 Å². The van der Waals surface area contributed by atoms with Gasteiger partial charge in [0.1, 0.15) is 5.58 Å². The number of hydrogen-bond donors (Lipinski definition) is 0. The van der Waals surface area contributed by atoms with Crippen molar-refractivity contribution < 1.29 is 13.9 Å². The molecule has 0 atom stereocenters. The summed E-state index contributed by atoms with van der Waals surface area (Å²) in [5.41, 5.74) is 2.72. The van der Waals surface area contributed by atoms with Gasteiger partial charge in [0.05, 0.1) is 16.0 Å². The number of ether oxygens (including phenoxy) is 1. The van der Waals surface area contributed by atoms with Crippen LogP contribution >= 0.6 is 11.6 Å². The summed E-state index contributed by atoms with van der Waals surface area (Å²) >= 11 is 6.34. The largest absolute Gasteiger partial charge is 0.452 e. The first-order valence-corrected chi connectivity index (χ1v) is 9.43. The summed E-state index contributed by atoms with van der Waals surface area (Å²) in [6.07, 6.45) is 0. The summed E-state index contributed by atoms with van der Waals surface area (Å²) in [5.74, 6) is -0.697. The third-order valence-electron chi connectivity index (χ3n) is 4.79. The van der Waals surface area contributed by atoms with Crippen LogP contribution in [-0.2, 0) is 0 Å². The number of rotatable bonds is 3. The van der Waals surface area contributed by atoms with Crippen molar-refractivity contribution in [1.82, 2.24) is 0 Å². The number of fused-ring (bicyclic) bond motifs is 1. The highest BCUT2D eigenvalue weighted by Gasteiger charge is 2.23. The number of carbonyl (C=O) groups is 1. The quantitative estimate of drug-likeness (QED) is 0.396. The molecule has 3 aromatic carbocycles. The smallest absolute Gasteiger partial charge is 0.343 e. The molecule has 1 aromatic heterocycles. The maximum absolute atomic E-state index is 13.3. The van der Waals surface area contributed by atoms with Crippen molar-refractivity contribution in [1.29, 1.82) is 0 Å². The fourth-order valence-corrected chi connectivity index (χ4v) is 3.30. The molecular formula is C24H17ClO4. The molecule has 1 heterocycles. The molecule has 4 nitrogen and oxygen atoms in total. The van der Waals surface area contributed by atoms with Gasteiger partial charge in [0.2, 0.25) is 11.2 Å². The minimum Gasteiger partial charge on any atom is -0.452 e. The first kappa shape index (κ1) is 19.0. The van der Waals surface area contributed by atoms with Crippen LogP contribution in [0.5, 0.6) is 5.75 Å². The van der Waals surface area contributed by atoms with E-state index in [4.69, 9.17) is 20.8 Å². The van der Waals surface area contributed by atoms with Gasteiger partial charge in [-0.1, -0.05) is 41.9 Å². The van der Waals surface area contributed by atoms with Crippen molar-refractivity contribution in [3.05, 3.63) is 98.7 Å². The van der Waals surface area contributed by atoms with Crippen molar-refractivity contribution in [2.45, 2.75) is 13.8 Å². The zero-order valence-electron chi connectivity index (χ0n) is 15.9. The van der Waals surface area contributed by atoms with Crippen LogP contribution in [0.4, 0.5) is 0 Å². The maximum atomic E-state index is 13.3. The lowest BCUT2D eigenvalue weighted by Crippen LogP contribution is -2.16. The predicted molar refractivity (Wildman–Crippen MR) is 114 cm³/mol. The topological polar surface area (TPSA) is 56.5 Å². The molecule has 0 N–H and O–H groups in total. The fraction of sp³-hybridized carbons (Fsp3) is 0.0833. The average Bonchev–Trinajstić information content (AvgIpc) is 2.72. The molecule has 0 unspecified atom stereocenters. The summed E-state index contributed by atoms with van der Waals surface area (Å²) < 4.78 is 11.6. The third-order valence-corrected chi connectivity index (χ3v) is 5.12. The monoisotopic (exact) mass is 404 g/mol. The fourth-order valence-electron chi connectivity index (χ4n) is 3.07. The summed E-state index contributed by atoms with van der Waals surface area (Å²) in [5, 5.41) is 0.732. The molecule has 0 aliphatic carbocycles.